The monoisotopic (exact) mass is 276 g/mol. The molecule has 0 bridgehead atoms. The van der Waals surface area contributed by atoms with Crippen LogP contribution in [0.5, 0.6) is 0 Å². The molecule has 0 spiro atoms. The van der Waals surface area contributed by atoms with Crippen molar-refractivity contribution in [3.63, 3.8) is 0 Å². The van der Waals surface area contributed by atoms with E-state index < -0.39 is 0 Å². The van der Waals surface area contributed by atoms with Gasteiger partial charge in [-0.1, -0.05) is 20.3 Å². The maximum absolute atomic E-state index is 12.3. The number of carbonyl (C=O) groups excluding carboxylic acids is 2. The predicted molar refractivity (Wildman–Crippen MR) is 81.8 cm³/mol. The number of amides is 2. The first-order chi connectivity index (χ1) is 9.62. The largest absolute Gasteiger partial charge is 0.339 e. The summed E-state index contributed by atoms with van der Waals surface area (Å²) in [6, 6.07) is 7.08. The van der Waals surface area contributed by atoms with Crippen molar-refractivity contribution in [2.75, 3.05) is 18.4 Å². The molecule has 4 heteroatoms. The number of hydrogen-bond donors (Lipinski definition) is 1. The van der Waals surface area contributed by atoms with Crippen molar-refractivity contribution in [3.8, 4) is 0 Å². The SMILES string of the molecule is CCCCN(CC)C(=O)c1ccc(NC(=O)CC)cc1. The molecule has 0 heterocycles. The number of rotatable bonds is 7. The average Bonchev–Trinajstić information content (AvgIpc) is 2.48. The van der Waals surface area contributed by atoms with E-state index in [1.54, 1.807) is 31.2 Å². The lowest BCUT2D eigenvalue weighted by molar-refractivity contribution is -0.115. The van der Waals surface area contributed by atoms with E-state index in [0.717, 1.165) is 25.1 Å². The van der Waals surface area contributed by atoms with E-state index in [-0.39, 0.29) is 11.8 Å². The molecular formula is C16H24N2O2. The molecule has 0 aliphatic rings. The van der Waals surface area contributed by atoms with Crippen LogP contribution in [0.25, 0.3) is 0 Å². The van der Waals surface area contributed by atoms with E-state index in [2.05, 4.69) is 12.2 Å². The maximum Gasteiger partial charge on any atom is 0.253 e. The lowest BCUT2D eigenvalue weighted by Crippen LogP contribution is -2.31. The van der Waals surface area contributed by atoms with Gasteiger partial charge in [0.1, 0.15) is 0 Å². The zero-order chi connectivity index (χ0) is 15.0. The van der Waals surface area contributed by atoms with Gasteiger partial charge < -0.3 is 10.2 Å². The van der Waals surface area contributed by atoms with Crippen LogP contribution in [0.4, 0.5) is 5.69 Å². The summed E-state index contributed by atoms with van der Waals surface area (Å²) >= 11 is 0. The number of hydrogen-bond acceptors (Lipinski definition) is 2. The minimum absolute atomic E-state index is 0.0257. The molecule has 0 saturated heterocycles. The summed E-state index contributed by atoms with van der Waals surface area (Å²) in [5, 5.41) is 2.77. The highest BCUT2D eigenvalue weighted by molar-refractivity contribution is 5.95. The molecule has 1 aromatic carbocycles. The highest BCUT2D eigenvalue weighted by Gasteiger charge is 2.13. The quantitative estimate of drug-likeness (QED) is 0.830. The van der Waals surface area contributed by atoms with E-state index >= 15 is 0 Å². The van der Waals surface area contributed by atoms with Crippen LogP contribution in [-0.4, -0.2) is 29.8 Å². The molecule has 0 aromatic heterocycles. The molecule has 0 fully saturated rings. The zero-order valence-corrected chi connectivity index (χ0v) is 12.6. The van der Waals surface area contributed by atoms with Crippen molar-refractivity contribution in [1.82, 2.24) is 4.90 Å². The van der Waals surface area contributed by atoms with Crippen molar-refractivity contribution in [1.29, 1.82) is 0 Å². The molecule has 110 valence electrons. The zero-order valence-electron chi connectivity index (χ0n) is 12.6. The van der Waals surface area contributed by atoms with Crippen LogP contribution >= 0.6 is 0 Å². The maximum atomic E-state index is 12.3. The fourth-order valence-electron chi connectivity index (χ4n) is 1.88. The summed E-state index contributed by atoms with van der Waals surface area (Å²) in [6.45, 7) is 7.42. The molecular weight excluding hydrogens is 252 g/mol. The number of carbonyl (C=O) groups is 2. The van der Waals surface area contributed by atoms with Gasteiger partial charge in [0.05, 0.1) is 0 Å². The van der Waals surface area contributed by atoms with Gasteiger partial charge >= 0.3 is 0 Å². The standard InChI is InChI=1S/C16H24N2O2/c1-4-7-12-18(6-3)16(20)13-8-10-14(11-9-13)17-15(19)5-2/h8-11H,4-7,12H2,1-3H3,(H,17,19). The van der Waals surface area contributed by atoms with E-state index in [0.29, 0.717) is 18.5 Å². The summed E-state index contributed by atoms with van der Waals surface area (Å²) in [5.74, 6) is 0.0246. The van der Waals surface area contributed by atoms with Crippen molar-refractivity contribution in [2.24, 2.45) is 0 Å². The van der Waals surface area contributed by atoms with Crippen LogP contribution in [0.3, 0.4) is 0 Å². The number of nitrogens with zero attached hydrogens (tertiary/aromatic N) is 1. The highest BCUT2D eigenvalue weighted by Crippen LogP contribution is 2.12. The Hall–Kier alpha value is -1.84. The topological polar surface area (TPSA) is 49.4 Å². The van der Waals surface area contributed by atoms with Crippen molar-refractivity contribution < 1.29 is 9.59 Å². The fourth-order valence-corrected chi connectivity index (χ4v) is 1.88. The molecule has 0 aliphatic heterocycles. The Kier molecular flexibility index (Phi) is 6.77. The van der Waals surface area contributed by atoms with Gasteiger partial charge in [-0.05, 0) is 37.6 Å². The second-order valence-electron chi connectivity index (χ2n) is 4.72. The number of anilines is 1. The van der Waals surface area contributed by atoms with Gasteiger partial charge in [0.25, 0.3) is 5.91 Å². The Labute approximate surface area is 121 Å². The molecule has 2 amide bonds. The number of unbranched alkanes of at least 4 members (excludes halogenated alkanes) is 1. The van der Waals surface area contributed by atoms with Crippen molar-refractivity contribution in [3.05, 3.63) is 29.8 Å². The third-order valence-corrected chi connectivity index (χ3v) is 3.19. The predicted octanol–water partition coefficient (Wildman–Crippen LogP) is 3.30. The summed E-state index contributed by atoms with van der Waals surface area (Å²) < 4.78 is 0. The van der Waals surface area contributed by atoms with Crippen LogP contribution in [0.1, 0.15) is 50.4 Å². The van der Waals surface area contributed by atoms with Gasteiger partial charge in [-0.2, -0.15) is 0 Å². The Balaban J connectivity index is 2.71. The summed E-state index contributed by atoms with van der Waals surface area (Å²) in [7, 11) is 0. The third kappa shape index (κ3) is 4.68. The minimum Gasteiger partial charge on any atom is -0.339 e. The fraction of sp³-hybridized carbons (Fsp3) is 0.500. The van der Waals surface area contributed by atoms with E-state index in [1.807, 2.05) is 11.8 Å². The normalized spacial score (nSPS) is 10.2. The lowest BCUT2D eigenvalue weighted by atomic mass is 10.1. The van der Waals surface area contributed by atoms with Crippen LogP contribution in [0.15, 0.2) is 24.3 Å². The van der Waals surface area contributed by atoms with Gasteiger partial charge in [0, 0.05) is 30.8 Å². The van der Waals surface area contributed by atoms with Gasteiger partial charge in [0.15, 0.2) is 0 Å². The highest BCUT2D eigenvalue weighted by atomic mass is 16.2. The van der Waals surface area contributed by atoms with Crippen molar-refractivity contribution >= 4 is 17.5 Å². The molecule has 4 nitrogen and oxygen atoms in total. The van der Waals surface area contributed by atoms with E-state index in [4.69, 9.17) is 0 Å². The molecule has 0 saturated carbocycles. The minimum atomic E-state index is -0.0257. The number of benzene rings is 1. The summed E-state index contributed by atoms with van der Waals surface area (Å²) in [4.78, 5) is 25.4. The first-order valence-corrected chi connectivity index (χ1v) is 7.31. The lowest BCUT2D eigenvalue weighted by Gasteiger charge is -2.20. The molecule has 1 N–H and O–H groups in total. The summed E-state index contributed by atoms with van der Waals surface area (Å²) in [6.07, 6.45) is 2.54. The van der Waals surface area contributed by atoms with E-state index in [1.165, 1.54) is 0 Å². The molecule has 0 unspecified atom stereocenters. The molecule has 1 rings (SSSR count). The molecule has 0 aliphatic carbocycles. The van der Waals surface area contributed by atoms with E-state index in [9.17, 15) is 9.59 Å². The Morgan fingerprint density at radius 3 is 2.25 bits per heavy atom. The summed E-state index contributed by atoms with van der Waals surface area (Å²) in [5.41, 5.74) is 1.39. The van der Waals surface area contributed by atoms with Crippen LogP contribution in [-0.2, 0) is 4.79 Å². The molecule has 0 atom stereocenters. The van der Waals surface area contributed by atoms with Gasteiger partial charge in [-0.15, -0.1) is 0 Å². The number of nitrogens with one attached hydrogen (secondary N) is 1. The molecule has 1 aromatic rings. The smallest absolute Gasteiger partial charge is 0.253 e. The van der Waals surface area contributed by atoms with Crippen LogP contribution in [0, 0.1) is 0 Å². The average molecular weight is 276 g/mol. The first kappa shape index (κ1) is 16.2. The second-order valence-corrected chi connectivity index (χ2v) is 4.72. The Morgan fingerprint density at radius 1 is 1.10 bits per heavy atom. The van der Waals surface area contributed by atoms with Crippen LogP contribution in [0.2, 0.25) is 0 Å². The van der Waals surface area contributed by atoms with Gasteiger partial charge in [-0.25, -0.2) is 0 Å². The molecule has 20 heavy (non-hydrogen) atoms. The third-order valence-electron chi connectivity index (χ3n) is 3.19. The first-order valence-electron chi connectivity index (χ1n) is 7.31. The van der Waals surface area contributed by atoms with Crippen LogP contribution < -0.4 is 5.32 Å². The van der Waals surface area contributed by atoms with Gasteiger partial charge in [-0.3, -0.25) is 9.59 Å². The van der Waals surface area contributed by atoms with Gasteiger partial charge in [0.2, 0.25) is 5.91 Å². The molecule has 0 radical (unpaired) electrons. The Bertz CT molecular complexity index is 440. The second kappa shape index (κ2) is 8.35. The Morgan fingerprint density at radius 2 is 1.75 bits per heavy atom. The van der Waals surface area contributed by atoms with Crippen molar-refractivity contribution in [2.45, 2.75) is 40.0 Å².